The monoisotopic (exact) mass is 416 g/mol. The van der Waals surface area contributed by atoms with E-state index >= 15 is 0 Å². The molecule has 0 amide bonds. The van der Waals surface area contributed by atoms with Gasteiger partial charge in [-0.2, -0.15) is 0 Å². The number of aryl methyl sites for hydroxylation is 1. The van der Waals surface area contributed by atoms with E-state index in [0.717, 1.165) is 25.7 Å². The Morgan fingerprint density at radius 2 is 1.87 bits per heavy atom. The lowest BCUT2D eigenvalue weighted by Crippen LogP contribution is -2.54. The van der Waals surface area contributed by atoms with Crippen molar-refractivity contribution >= 4 is 5.78 Å². The van der Waals surface area contributed by atoms with E-state index in [1.54, 1.807) is 6.92 Å². The summed E-state index contributed by atoms with van der Waals surface area (Å²) < 4.78 is 0. The Kier molecular flexibility index (Phi) is 4.81. The molecule has 2 N–H and O–H groups in total. The van der Waals surface area contributed by atoms with Crippen molar-refractivity contribution in [3.63, 3.8) is 0 Å². The third kappa shape index (κ3) is 2.92. The van der Waals surface area contributed by atoms with Crippen LogP contribution in [0.4, 0.5) is 0 Å². The highest BCUT2D eigenvalue weighted by atomic mass is 16.3. The van der Waals surface area contributed by atoms with Crippen LogP contribution >= 0.6 is 0 Å². The summed E-state index contributed by atoms with van der Waals surface area (Å²) in [4.78, 5) is 12.1. The number of hydrogen-bond acceptors (Lipinski definition) is 3. The van der Waals surface area contributed by atoms with Crippen LogP contribution in [-0.2, 0) is 4.79 Å². The molecule has 162 valence electrons. The summed E-state index contributed by atoms with van der Waals surface area (Å²) in [7, 11) is 0. The van der Waals surface area contributed by atoms with Gasteiger partial charge in [-0.1, -0.05) is 48.2 Å². The summed E-state index contributed by atoms with van der Waals surface area (Å²) in [6.07, 6.45) is 5.70. The molecule has 5 rings (SSSR count). The molecule has 3 heteroatoms. The molecule has 4 aliphatic carbocycles. The van der Waals surface area contributed by atoms with Gasteiger partial charge in [0.1, 0.15) is 0 Å². The highest BCUT2D eigenvalue weighted by molar-refractivity contribution is 5.93. The topological polar surface area (TPSA) is 57.5 Å². The molecule has 2 fully saturated rings. The summed E-state index contributed by atoms with van der Waals surface area (Å²) >= 11 is 0. The molecule has 0 radical (unpaired) electrons. The molecule has 2 unspecified atom stereocenters. The average Bonchev–Trinajstić information content (AvgIpc) is 2.94. The second-order valence-corrected chi connectivity index (χ2v) is 10.3. The number of allylic oxidation sites excluding steroid dienone is 4. The van der Waals surface area contributed by atoms with Crippen molar-refractivity contribution < 1.29 is 15.0 Å². The van der Waals surface area contributed by atoms with Gasteiger partial charge >= 0.3 is 0 Å². The third-order valence-electron chi connectivity index (χ3n) is 8.75. The maximum Gasteiger partial charge on any atom is 0.156 e. The van der Waals surface area contributed by atoms with Gasteiger partial charge in [-0.15, -0.1) is 5.92 Å². The summed E-state index contributed by atoms with van der Waals surface area (Å²) in [5.74, 6) is 6.86. The molecule has 1 aromatic carbocycles. The van der Waals surface area contributed by atoms with Gasteiger partial charge in [-0.3, -0.25) is 4.79 Å². The van der Waals surface area contributed by atoms with Gasteiger partial charge in [-0.05, 0) is 80.6 Å². The van der Waals surface area contributed by atoms with E-state index in [9.17, 15) is 15.0 Å². The molecule has 3 nitrogen and oxygen atoms in total. The van der Waals surface area contributed by atoms with E-state index < -0.39 is 17.1 Å². The second kappa shape index (κ2) is 7.19. The first-order valence-corrected chi connectivity index (χ1v) is 11.7. The van der Waals surface area contributed by atoms with Crippen molar-refractivity contribution in [2.75, 3.05) is 0 Å². The molecule has 0 bridgehead atoms. The molecule has 6 atom stereocenters. The Bertz CT molecular complexity index is 1050. The predicted molar refractivity (Wildman–Crippen MR) is 121 cm³/mol. The smallest absolute Gasteiger partial charge is 0.156 e. The van der Waals surface area contributed by atoms with E-state index in [1.807, 2.05) is 6.08 Å². The molecule has 1 aromatic rings. The Balaban J connectivity index is 1.71. The van der Waals surface area contributed by atoms with Gasteiger partial charge in [0.2, 0.25) is 0 Å². The van der Waals surface area contributed by atoms with Crippen molar-refractivity contribution in [3.05, 3.63) is 58.2 Å². The largest absolute Gasteiger partial charge is 0.389 e. The molecule has 0 aromatic heterocycles. The Morgan fingerprint density at radius 1 is 1.13 bits per heavy atom. The number of benzene rings is 1. The van der Waals surface area contributed by atoms with E-state index in [2.05, 4.69) is 50.0 Å². The lowest BCUT2D eigenvalue weighted by atomic mass is 9.51. The summed E-state index contributed by atoms with van der Waals surface area (Å²) in [6.45, 7) is 5.99. The number of rotatable bonds is 1. The molecule has 0 aliphatic heterocycles. The van der Waals surface area contributed by atoms with Gasteiger partial charge in [-0.25, -0.2) is 0 Å². The lowest BCUT2D eigenvalue weighted by molar-refractivity contribution is -0.114. The van der Waals surface area contributed by atoms with Gasteiger partial charge in [0.15, 0.2) is 11.4 Å². The average molecular weight is 417 g/mol. The minimum absolute atomic E-state index is 0.175. The first-order valence-electron chi connectivity index (χ1n) is 11.7. The normalized spacial score (nSPS) is 39.1. The number of fused-ring (bicyclic) bond motifs is 4. The van der Waals surface area contributed by atoms with Crippen LogP contribution in [0.2, 0.25) is 0 Å². The van der Waals surface area contributed by atoms with Crippen molar-refractivity contribution in [1.29, 1.82) is 0 Å². The van der Waals surface area contributed by atoms with Crippen LogP contribution in [0, 0.1) is 36.0 Å². The highest BCUT2D eigenvalue weighted by Crippen LogP contribution is 2.66. The van der Waals surface area contributed by atoms with Crippen LogP contribution in [0.1, 0.15) is 69.4 Å². The van der Waals surface area contributed by atoms with E-state index in [0.29, 0.717) is 18.8 Å². The van der Waals surface area contributed by atoms with Crippen molar-refractivity contribution in [3.8, 4) is 11.8 Å². The van der Waals surface area contributed by atoms with E-state index in [4.69, 9.17) is 0 Å². The standard InChI is InChI=1S/C28H32O3/c1-4-13-28(31)25(30)15-24-22-11-9-19-14-20(29)10-12-21(19)26(22)23(16-27(24,28)3)18-7-5-17(2)6-8-18/h5-8,14,22-25,30-31H,9-12,15-16H2,1-3H3/t22?,23-,24?,25-,27+,28+/m1/s1. The van der Waals surface area contributed by atoms with Crippen LogP contribution in [0.3, 0.4) is 0 Å². The van der Waals surface area contributed by atoms with Gasteiger partial charge in [0, 0.05) is 17.8 Å². The SMILES string of the molecule is CC#C[C@]1(O)[C@H](O)CC2C3CCC4=CC(=O)CCC4=C3[C@@H](c3ccc(C)cc3)C[C@@]21C. The number of aliphatic hydroxyl groups excluding tert-OH is 1. The quantitative estimate of drug-likeness (QED) is 0.657. The Hall–Kier alpha value is -2.15. The Labute approximate surface area is 185 Å². The number of aliphatic hydroxyl groups is 2. The number of carbonyl (C=O) groups is 1. The summed E-state index contributed by atoms with van der Waals surface area (Å²) in [5, 5.41) is 22.7. The van der Waals surface area contributed by atoms with Gasteiger partial charge in [0.05, 0.1) is 6.10 Å². The summed E-state index contributed by atoms with van der Waals surface area (Å²) in [6, 6.07) is 8.76. The molecule has 0 spiro atoms. The fraction of sp³-hybridized carbons (Fsp3) is 0.536. The first-order chi connectivity index (χ1) is 14.8. The minimum Gasteiger partial charge on any atom is -0.389 e. The van der Waals surface area contributed by atoms with E-state index in [-0.39, 0.29) is 17.6 Å². The molecule has 0 saturated heterocycles. The first kappa shape index (κ1) is 20.7. The predicted octanol–water partition coefficient (Wildman–Crippen LogP) is 4.62. The summed E-state index contributed by atoms with van der Waals surface area (Å²) in [5.41, 5.74) is 4.71. The molecular weight excluding hydrogens is 384 g/mol. The molecule has 31 heavy (non-hydrogen) atoms. The number of ketones is 1. The number of carbonyl (C=O) groups excluding carboxylic acids is 1. The maximum atomic E-state index is 12.1. The van der Waals surface area contributed by atoms with Crippen LogP contribution in [0.25, 0.3) is 0 Å². The molecular formula is C28H32O3. The number of hydrogen-bond donors (Lipinski definition) is 2. The second-order valence-electron chi connectivity index (χ2n) is 10.3. The molecule has 4 aliphatic rings. The molecule has 2 saturated carbocycles. The zero-order valence-corrected chi connectivity index (χ0v) is 18.7. The van der Waals surface area contributed by atoms with Crippen LogP contribution < -0.4 is 0 Å². The minimum atomic E-state index is -1.38. The third-order valence-corrected chi connectivity index (χ3v) is 8.75. The fourth-order valence-electron chi connectivity index (χ4n) is 7.19. The zero-order valence-electron chi connectivity index (χ0n) is 18.7. The van der Waals surface area contributed by atoms with Crippen LogP contribution in [0.15, 0.2) is 47.1 Å². The zero-order chi connectivity index (χ0) is 22.0. The van der Waals surface area contributed by atoms with Crippen LogP contribution in [0.5, 0.6) is 0 Å². The maximum absolute atomic E-state index is 12.1. The fourth-order valence-corrected chi connectivity index (χ4v) is 7.19. The Morgan fingerprint density at radius 3 is 2.58 bits per heavy atom. The van der Waals surface area contributed by atoms with Gasteiger partial charge in [0.25, 0.3) is 0 Å². The van der Waals surface area contributed by atoms with Crippen LogP contribution in [-0.4, -0.2) is 27.7 Å². The highest BCUT2D eigenvalue weighted by Gasteiger charge is 2.66. The molecule has 0 heterocycles. The van der Waals surface area contributed by atoms with Crippen molar-refractivity contribution in [1.82, 2.24) is 0 Å². The van der Waals surface area contributed by atoms with Gasteiger partial charge < -0.3 is 10.2 Å². The van der Waals surface area contributed by atoms with E-state index in [1.165, 1.54) is 27.8 Å². The van der Waals surface area contributed by atoms with Crippen molar-refractivity contribution in [2.45, 2.75) is 76.9 Å². The lowest BCUT2D eigenvalue weighted by Gasteiger charge is -2.53. The van der Waals surface area contributed by atoms with Crippen molar-refractivity contribution in [2.24, 2.45) is 17.3 Å².